The summed E-state index contributed by atoms with van der Waals surface area (Å²) in [5, 5.41) is 3.49. The van der Waals surface area contributed by atoms with Gasteiger partial charge in [-0.15, -0.1) is 0 Å². The number of nitrogens with one attached hydrogen (secondary N) is 1. The zero-order valence-electron chi connectivity index (χ0n) is 10.6. The number of aromatic nitrogens is 1. The van der Waals surface area contributed by atoms with Gasteiger partial charge in [0.2, 0.25) is 0 Å². The van der Waals surface area contributed by atoms with Gasteiger partial charge in [-0.3, -0.25) is 4.98 Å². The first-order valence-electron chi connectivity index (χ1n) is 5.92. The molecule has 1 atom stereocenters. The van der Waals surface area contributed by atoms with E-state index < -0.39 is 0 Å². The van der Waals surface area contributed by atoms with E-state index in [2.05, 4.69) is 47.6 Å². The smallest absolute Gasteiger partial charge is 0.0607 e. The third kappa shape index (κ3) is 2.84. The molecule has 2 rings (SSSR count). The highest BCUT2D eigenvalue weighted by Gasteiger charge is 2.06. The average Bonchev–Trinajstić information content (AvgIpc) is 2.34. The van der Waals surface area contributed by atoms with Crippen molar-refractivity contribution in [1.29, 1.82) is 0 Å². The second kappa shape index (κ2) is 5.00. The second-order valence-electron chi connectivity index (χ2n) is 4.36. The highest BCUT2D eigenvalue weighted by Crippen LogP contribution is 2.20. The topological polar surface area (TPSA) is 24.9 Å². The van der Waals surface area contributed by atoms with Crippen LogP contribution in [0.4, 0.5) is 5.69 Å². The number of aryl methyl sites for hydroxylation is 2. The molecule has 0 radical (unpaired) electrons. The third-order valence-electron chi connectivity index (χ3n) is 2.90. The second-order valence-corrected chi connectivity index (χ2v) is 4.36. The van der Waals surface area contributed by atoms with Gasteiger partial charge in [0.15, 0.2) is 0 Å². The monoisotopic (exact) mass is 226 g/mol. The Bertz CT molecular complexity index is 492. The number of hydrogen-bond acceptors (Lipinski definition) is 2. The molecule has 88 valence electrons. The van der Waals surface area contributed by atoms with Crippen molar-refractivity contribution < 1.29 is 0 Å². The first-order valence-corrected chi connectivity index (χ1v) is 5.92. The van der Waals surface area contributed by atoms with Gasteiger partial charge < -0.3 is 5.32 Å². The molecule has 0 saturated heterocycles. The van der Waals surface area contributed by atoms with E-state index >= 15 is 0 Å². The van der Waals surface area contributed by atoms with Crippen LogP contribution in [0.5, 0.6) is 0 Å². The van der Waals surface area contributed by atoms with E-state index in [1.54, 1.807) is 0 Å². The summed E-state index contributed by atoms with van der Waals surface area (Å²) in [6.07, 6.45) is 0. The number of hydrogen-bond donors (Lipinski definition) is 1. The molecular weight excluding hydrogens is 208 g/mol. The summed E-state index contributed by atoms with van der Waals surface area (Å²) in [4.78, 5) is 4.46. The SMILES string of the molecule is Cc1ccc(NC(C)c2ccccc2)c(C)n1. The average molecular weight is 226 g/mol. The van der Waals surface area contributed by atoms with Crippen LogP contribution in [-0.2, 0) is 0 Å². The quantitative estimate of drug-likeness (QED) is 0.859. The van der Waals surface area contributed by atoms with Crippen LogP contribution in [0, 0.1) is 13.8 Å². The van der Waals surface area contributed by atoms with Gasteiger partial charge in [0, 0.05) is 11.7 Å². The van der Waals surface area contributed by atoms with Crippen LogP contribution < -0.4 is 5.32 Å². The predicted octanol–water partition coefficient (Wildman–Crippen LogP) is 3.87. The van der Waals surface area contributed by atoms with Crippen LogP contribution in [0.1, 0.15) is 29.9 Å². The van der Waals surface area contributed by atoms with Crippen LogP contribution in [0.3, 0.4) is 0 Å². The zero-order chi connectivity index (χ0) is 12.3. The minimum atomic E-state index is 0.291. The summed E-state index contributed by atoms with van der Waals surface area (Å²) in [7, 11) is 0. The van der Waals surface area contributed by atoms with E-state index in [4.69, 9.17) is 0 Å². The standard InChI is InChI=1S/C15H18N2/c1-11-9-10-15(13(3)16-11)17-12(2)14-7-5-4-6-8-14/h4-10,12,17H,1-3H3. The Labute approximate surface area is 103 Å². The number of pyridine rings is 1. The molecule has 1 aromatic heterocycles. The Morgan fingerprint density at radius 1 is 1.00 bits per heavy atom. The van der Waals surface area contributed by atoms with Gasteiger partial charge in [0.05, 0.1) is 11.4 Å². The highest BCUT2D eigenvalue weighted by molar-refractivity contribution is 5.49. The van der Waals surface area contributed by atoms with Gasteiger partial charge in [-0.05, 0) is 38.5 Å². The molecule has 0 saturated carbocycles. The maximum atomic E-state index is 4.46. The van der Waals surface area contributed by atoms with Crippen LogP contribution in [-0.4, -0.2) is 4.98 Å². The molecule has 0 aliphatic rings. The Morgan fingerprint density at radius 3 is 2.35 bits per heavy atom. The molecule has 0 aliphatic heterocycles. The summed E-state index contributed by atoms with van der Waals surface area (Å²) < 4.78 is 0. The molecule has 17 heavy (non-hydrogen) atoms. The molecule has 2 nitrogen and oxygen atoms in total. The first kappa shape index (κ1) is 11.6. The molecule has 1 N–H and O–H groups in total. The minimum absolute atomic E-state index is 0.291. The van der Waals surface area contributed by atoms with Crippen molar-refractivity contribution in [3.8, 4) is 0 Å². The number of anilines is 1. The Hall–Kier alpha value is -1.83. The van der Waals surface area contributed by atoms with Gasteiger partial charge in [-0.1, -0.05) is 30.3 Å². The first-order chi connectivity index (χ1) is 8.16. The third-order valence-corrected chi connectivity index (χ3v) is 2.90. The highest BCUT2D eigenvalue weighted by atomic mass is 14.9. The van der Waals surface area contributed by atoms with E-state index in [1.807, 2.05) is 26.0 Å². The van der Waals surface area contributed by atoms with Crippen molar-refractivity contribution in [2.75, 3.05) is 5.32 Å². The summed E-state index contributed by atoms with van der Waals surface area (Å²) in [6, 6.07) is 14.9. The number of nitrogens with zero attached hydrogens (tertiary/aromatic N) is 1. The van der Waals surface area contributed by atoms with Gasteiger partial charge in [0.1, 0.15) is 0 Å². The molecule has 0 amide bonds. The number of benzene rings is 1. The molecular formula is C15H18N2. The maximum Gasteiger partial charge on any atom is 0.0607 e. The fourth-order valence-electron chi connectivity index (χ4n) is 1.90. The molecule has 0 fully saturated rings. The largest absolute Gasteiger partial charge is 0.377 e. The fourth-order valence-corrected chi connectivity index (χ4v) is 1.90. The van der Waals surface area contributed by atoms with Gasteiger partial charge in [-0.2, -0.15) is 0 Å². The van der Waals surface area contributed by atoms with E-state index in [-0.39, 0.29) is 0 Å². The Balaban J connectivity index is 2.16. The van der Waals surface area contributed by atoms with E-state index in [0.717, 1.165) is 17.1 Å². The fraction of sp³-hybridized carbons (Fsp3) is 0.267. The molecule has 2 aromatic rings. The molecule has 1 aromatic carbocycles. The van der Waals surface area contributed by atoms with Gasteiger partial charge in [0.25, 0.3) is 0 Å². The van der Waals surface area contributed by atoms with E-state index in [9.17, 15) is 0 Å². The van der Waals surface area contributed by atoms with E-state index in [0.29, 0.717) is 6.04 Å². The minimum Gasteiger partial charge on any atom is -0.377 e. The zero-order valence-corrected chi connectivity index (χ0v) is 10.6. The van der Waals surface area contributed by atoms with Crippen molar-refractivity contribution in [3.63, 3.8) is 0 Å². The van der Waals surface area contributed by atoms with Crippen molar-refractivity contribution in [2.24, 2.45) is 0 Å². The van der Waals surface area contributed by atoms with Crippen LogP contribution in [0.15, 0.2) is 42.5 Å². The summed E-state index contributed by atoms with van der Waals surface area (Å²) in [5.41, 5.74) is 4.49. The summed E-state index contributed by atoms with van der Waals surface area (Å²) in [5.74, 6) is 0. The lowest BCUT2D eigenvalue weighted by Gasteiger charge is -2.17. The van der Waals surface area contributed by atoms with Gasteiger partial charge in [-0.25, -0.2) is 0 Å². The molecule has 0 aliphatic carbocycles. The molecule has 1 heterocycles. The van der Waals surface area contributed by atoms with Gasteiger partial charge >= 0.3 is 0 Å². The van der Waals surface area contributed by atoms with Crippen LogP contribution in [0.25, 0.3) is 0 Å². The number of rotatable bonds is 3. The maximum absolute atomic E-state index is 4.46. The molecule has 2 heteroatoms. The Morgan fingerprint density at radius 2 is 1.71 bits per heavy atom. The lowest BCUT2D eigenvalue weighted by Crippen LogP contribution is -2.08. The predicted molar refractivity (Wildman–Crippen MR) is 72.2 cm³/mol. The van der Waals surface area contributed by atoms with E-state index in [1.165, 1.54) is 5.56 Å². The Kier molecular flexibility index (Phi) is 3.43. The summed E-state index contributed by atoms with van der Waals surface area (Å²) >= 11 is 0. The lowest BCUT2D eigenvalue weighted by molar-refractivity contribution is 0.878. The van der Waals surface area contributed by atoms with Crippen molar-refractivity contribution in [1.82, 2.24) is 4.98 Å². The normalized spacial score (nSPS) is 12.2. The summed E-state index contributed by atoms with van der Waals surface area (Å²) in [6.45, 7) is 6.21. The lowest BCUT2D eigenvalue weighted by atomic mass is 10.1. The van der Waals surface area contributed by atoms with Crippen LogP contribution in [0.2, 0.25) is 0 Å². The molecule has 0 bridgehead atoms. The van der Waals surface area contributed by atoms with Crippen LogP contribution >= 0.6 is 0 Å². The van der Waals surface area contributed by atoms with Crippen molar-refractivity contribution in [3.05, 3.63) is 59.4 Å². The molecule has 0 spiro atoms. The molecule has 1 unspecified atom stereocenters. The van der Waals surface area contributed by atoms with Crippen molar-refractivity contribution >= 4 is 5.69 Å². The van der Waals surface area contributed by atoms with Crippen molar-refractivity contribution in [2.45, 2.75) is 26.8 Å².